The molecule has 5 nitrogen and oxygen atoms in total. The van der Waals surface area contributed by atoms with Crippen molar-refractivity contribution in [1.82, 2.24) is 9.97 Å². The number of hydrogen-bond donors (Lipinski definition) is 0. The van der Waals surface area contributed by atoms with Gasteiger partial charge in [-0.05, 0) is 47.5 Å². The van der Waals surface area contributed by atoms with Crippen molar-refractivity contribution in [2.45, 2.75) is 0 Å². The summed E-state index contributed by atoms with van der Waals surface area (Å²) in [6.07, 6.45) is 2.76. The van der Waals surface area contributed by atoms with Gasteiger partial charge in [-0.2, -0.15) is 0 Å². The van der Waals surface area contributed by atoms with Gasteiger partial charge < -0.3 is 9.80 Å². The summed E-state index contributed by atoms with van der Waals surface area (Å²) in [6, 6.07) is 22.0. The molecule has 3 heterocycles. The third-order valence-corrected chi connectivity index (χ3v) is 6.21. The Balaban J connectivity index is 1.53. The smallest absolute Gasteiger partial charge is 0.150 e. The molecule has 0 saturated carbocycles. The fourth-order valence-corrected chi connectivity index (χ4v) is 4.48. The highest BCUT2D eigenvalue weighted by Crippen LogP contribution is 2.34. The first-order valence-corrected chi connectivity index (χ1v) is 11.1. The van der Waals surface area contributed by atoms with Gasteiger partial charge in [-0.1, -0.05) is 46.3 Å². The summed E-state index contributed by atoms with van der Waals surface area (Å²) in [6.45, 7) is 3.50. The molecule has 0 radical (unpaired) electrons. The van der Waals surface area contributed by atoms with Crippen LogP contribution in [-0.4, -0.2) is 42.4 Å². The van der Waals surface area contributed by atoms with Crippen LogP contribution in [0.2, 0.25) is 0 Å². The van der Waals surface area contributed by atoms with Crippen molar-refractivity contribution in [3.05, 3.63) is 83.0 Å². The topological polar surface area (TPSA) is 49.3 Å². The van der Waals surface area contributed by atoms with E-state index in [2.05, 4.69) is 48.9 Å². The molecule has 4 aromatic rings. The van der Waals surface area contributed by atoms with Crippen molar-refractivity contribution < 1.29 is 4.79 Å². The summed E-state index contributed by atoms with van der Waals surface area (Å²) < 4.78 is 0.989. The lowest BCUT2D eigenvalue weighted by atomic mass is 9.97. The molecule has 1 aliphatic heterocycles. The maximum atomic E-state index is 11.7. The maximum absolute atomic E-state index is 11.7. The molecule has 0 bridgehead atoms. The Labute approximate surface area is 189 Å². The number of aldehydes is 1. The van der Waals surface area contributed by atoms with Crippen LogP contribution in [0.4, 0.5) is 11.6 Å². The number of carbonyl (C=O) groups excluding carboxylic acids is 1. The Kier molecular flexibility index (Phi) is 5.38. The molecule has 0 N–H and O–H groups in total. The molecule has 0 spiro atoms. The number of fused-ring (bicyclic) bond motifs is 1. The van der Waals surface area contributed by atoms with Gasteiger partial charge >= 0.3 is 0 Å². The van der Waals surface area contributed by atoms with Crippen molar-refractivity contribution in [3.8, 4) is 11.1 Å². The van der Waals surface area contributed by atoms with Crippen molar-refractivity contribution in [2.75, 3.05) is 36.0 Å². The molecule has 1 aliphatic rings. The van der Waals surface area contributed by atoms with E-state index < -0.39 is 0 Å². The van der Waals surface area contributed by atoms with Crippen LogP contribution in [0.25, 0.3) is 22.0 Å². The number of nitrogens with zero attached hydrogens (tertiary/aromatic N) is 4. The minimum atomic E-state index is 0.681. The van der Waals surface area contributed by atoms with Crippen molar-refractivity contribution in [2.24, 2.45) is 0 Å². The lowest BCUT2D eigenvalue weighted by Gasteiger charge is -2.36. The largest absolute Gasteiger partial charge is 0.353 e. The Morgan fingerprint density at radius 2 is 1.55 bits per heavy atom. The van der Waals surface area contributed by atoms with Crippen LogP contribution in [0.15, 0.2) is 77.4 Å². The van der Waals surface area contributed by atoms with E-state index in [4.69, 9.17) is 4.98 Å². The zero-order valence-corrected chi connectivity index (χ0v) is 18.5. The van der Waals surface area contributed by atoms with Crippen molar-refractivity contribution >= 4 is 44.8 Å². The lowest BCUT2D eigenvalue weighted by molar-refractivity contribution is 0.112. The first kappa shape index (κ1) is 19.7. The maximum Gasteiger partial charge on any atom is 0.150 e. The quantitative estimate of drug-likeness (QED) is 0.382. The summed E-state index contributed by atoms with van der Waals surface area (Å²) >= 11 is 3.58. The predicted molar refractivity (Wildman–Crippen MR) is 129 cm³/mol. The highest BCUT2D eigenvalue weighted by atomic mass is 79.9. The Morgan fingerprint density at radius 1 is 0.806 bits per heavy atom. The number of benzene rings is 2. The molecule has 6 heteroatoms. The van der Waals surface area contributed by atoms with Crippen LogP contribution in [0, 0.1) is 0 Å². The second kappa shape index (κ2) is 8.47. The van der Waals surface area contributed by atoms with E-state index in [1.165, 1.54) is 0 Å². The number of pyridine rings is 2. The first-order chi connectivity index (χ1) is 15.2. The van der Waals surface area contributed by atoms with E-state index in [0.29, 0.717) is 5.56 Å². The van der Waals surface area contributed by atoms with Crippen molar-refractivity contribution in [3.63, 3.8) is 0 Å². The second-order valence-corrected chi connectivity index (χ2v) is 8.47. The Bertz CT molecular complexity index is 1240. The summed E-state index contributed by atoms with van der Waals surface area (Å²) in [5.74, 6) is 1.95. The summed E-state index contributed by atoms with van der Waals surface area (Å²) in [5, 5.41) is 1.03. The van der Waals surface area contributed by atoms with Gasteiger partial charge in [0.25, 0.3) is 0 Å². The lowest BCUT2D eigenvalue weighted by Crippen LogP contribution is -2.47. The highest BCUT2D eigenvalue weighted by molar-refractivity contribution is 9.10. The SMILES string of the molecule is O=Cc1ccccc1-c1cc(N2CCN(c3ccccn3)CC2)nc2ccc(Br)cc12. The fraction of sp³-hybridized carbons (Fsp3) is 0.160. The molecular weight excluding hydrogens is 452 g/mol. The average Bonchev–Trinajstić information content (AvgIpc) is 2.84. The monoisotopic (exact) mass is 472 g/mol. The van der Waals surface area contributed by atoms with Gasteiger partial charge in [0.2, 0.25) is 0 Å². The second-order valence-electron chi connectivity index (χ2n) is 7.56. The Hall–Kier alpha value is -3.25. The van der Waals surface area contributed by atoms with Crippen LogP contribution < -0.4 is 9.80 Å². The number of rotatable bonds is 4. The standard InChI is InChI=1S/C25H21BrN4O/c26-19-8-9-23-22(15-19)21(20-6-2-1-5-18(20)17-31)16-25(28-23)30-13-11-29(12-14-30)24-7-3-4-10-27-24/h1-10,15-17H,11-14H2. The molecule has 0 aliphatic carbocycles. The molecule has 0 atom stereocenters. The van der Waals surface area contributed by atoms with Crippen molar-refractivity contribution in [1.29, 1.82) is 0 Å². The van der Waals surface area contributed by atoms with Gasteiger partial charge in [0.05, 0.1) is 5.52 Å². The molecule has 0 unspecified atom stereocenters. The van der Waals surface area contributed by atoms with E-state index in [1.807, 2.05) is 54.7 Å². The van der Waals surface area contributed by atoms with Crippen LogP contribution in [0.1, 0.15) is 10.4 Å². The highest BCUT2D eigenvalue weighted by Gasteiger charge is 2.21. The molecular formula is C25H21BrN4O. The summed E-state index contributed by atoms with van der Waals surface area (Å²) in [4.78, 5) is 25.8. The van der Waals surface area contributed by atoms with E-state index >= 15 is 0 Å². The third kappa shape index (κ3) is 3.91. The first-order valence-electron chi connectivity index (χ1n) is 10.3. The van der Waals surface area contributed by atoms with Gasteiger partial charge in [-0.3, -0.25) is 4.79 Å². The molecule has 154 valence electrons. The molecule has 2 aromatic heterocycles. The van der Waals surface area contributed by atoms with E-state index in [0.717, 1.165) is 70.6 Å². The van der Waals surface area contributed by atoms with Gasteiger partial charge in [0, 0.05) is 47.8 Å². The molecule has 31 heavy (non-hydrogen) atoms. The molecule has 1 fully saturated rings. The average molecular weight is 473 g/mol. The number of hydrogen-bond acceptors (Lipinski definition) is 5. The number of piperazine rings is 1. The van der Waals surface area contributed by atoms with E-state index in [-0.39, 0.29) is 0 Å². The van der Waals surface area contributed by atoms with E-state index in [1.54, 1.807) is 0 Å². The summed E-state index contributed by atoms with van der Waals surface area (Å²) in [7, 11) is 0. The van der Waals surface area contributed by atoms with Crippen LogP contribution in [0.3, 0.4) is 0 Å². The number of aromatic nitrogens is 2. The van der Waals surface area contributed by atoms with Crippen LogP contribution in [-0.2, 0) is 0 Å². The zero-order valence-electron chi connectivity index (χ0n) is 16.9. The zero-order chi connectivity index (χ0) is 21.2. The molecule has 2 aromatic carbocycles. The minimum absolute atomic E-state index is 0.681. The van der Waals surface area contributed by atoms with Gasteiger partial charge in [0.1, 0.15) is 11.6 Å². The van der Waals surface area contributed by atoms with Crippen LogP contribution >= 0.6 is 15.9 Å². The van der Waals surface area contributed by atoms with Gasteiger partial charge in [-0.15, -0.1) is 0 Å². The third-order valence-electron chi connectivity index (χ3n) is 5.71. The molecule has 0 amide bonds. The summed E-state index contributed by atoms with van der Waals surface area (Å²) in [5.41, 5.74) is 3.55. The van der Waals surface area contributed by atoms with Gasteiger partial charge in [0.15, 0.2) is 6.29 Å². The number of halogens is 1. The normalized spacial score (nSPS) is 14.1. The Morgan fingerprint density at radius 3 is 2.29 bits per heavy atom. The number of carbonyl (C=O) groups is 1. The molecule has 5 rings (SSSR count). The fourth-order valence-electron chi connectivity index (χ4n) is 4.12. The molecule has 1 saturated heterocycles. The predicted octanol–water partition coefficient (Wildman–Crippen LogP) is 5.20. The van der Waals surface area contributed by atoms with Gasteiger partial charge in [-0.25, -0.2) is 9.97 Å². The van der Waals surface area contributed by atoms with E-state index in [9.17, 15) is 4.79 Å². The number of anilines is 2. The minimum Gasteiger partial charge on any atom is -0.353 e. The van der Waals surface area contributed by atoms with Crippen LogP contribution in [0.5, 0.6) is 0 Å².